The summed E-state index contributed by atoms with van der Waals surface area (Å²) in [5.41, 5.74) is 3.19. The zero-order chi connectivity index (χ0) is 17.8. The van der Waals surface area contributed by atoms with Gasteiger partial charge in [-0.25, -0.2) is 4.98 Å². The first-order valence-corrected chi connectivity index (χ1v) is 8.99. The van der Waals surface area contributed by atoms with Crippen molar-refractivity contribution < 1.29 is 14.7 Å². The van der Waals surface area contributed by atoms with Crippen molar-refractivity contribution in [2.75, 3.05) is 36.4 Å². The quantitative estimate of drug-likeness (QED) is 0.867. The number of nitrogens with one attached hydrogen (secondary N) is 3. The lowest BCUT2D eigenvalue weighted by atomic mass is 10.1. The largest absolute Gasteiger partial charge is 0.321 e. The van der Waals surface area contributed by atoms with Crippen LogP contribution in [0.5, 0.6) is 0 Å². The van der Waals surface area contributed by atoms with Crippen LogP contribution in [0.15, 0.2) is 42.6 Å². The van der Waals surface area contributed by atoms with E-state index in [-0.39, 0.29) is 11.9 Å². The van der Waals surface area contributed by atoms with Gasteiger partial charge < -0.3 is 10.2 Å². The number of hydrogen-bond acceptors (Lipinski definition) is 2. The molecule has 1 amide bonds. The van der Waals surface area contributed by atoms with Crippen LogP contribution in [0.25, 0.3) is 0 Å². The lowest BCUT2D eigenvalue weighted by Crippen LogP contribution is -3.19. The third-order valence-electron chi connectivity index (χ3n) is 5.10. The minimum atomic E-state index is -0.0539. The van der Waals surface area contributed by atoms with Crippen molar-refractivity contribution in [2.45, 2.75) is 26.8 Å². The van der Waals surface area contributed by atoms with Crippen LogP contribution in [0.3, 0.4) is 0 Å². The number of quaternary nitrogens is 1. The van der Waals surface area contributed by atoms with Gasteiger partial charge in [0.15, 0.2) is 6.04 Å². The molecule has 0 aliphatic carbocycles. The molecule has 5 nitrogen and oxygen atoms in total. The van der Waals surface area contributed by atoms with Gasteiger partial charge in [0.2, 0.25) is 0 Å². The lowest BCUT2D eigenvalue weighted by molar-refractivity contribution is -0.914. The van der Waals surface area contributed by atoms with Crippen molar-refractivity contribution in [3.8, 4) is 0 Å². The Morgan fingerprint density at radius 2 is 1.96 bits per heavy atom. The van der Waals surface area contributed by atoms with Crippen molar-refractivity contribution in [2.24, 2.45) is 0 Å². The van der Waals surface area contributed by atoms with E-state index in [1.54, 1.807) is 0 Å². The first-order chi connectivity index (χ1) is 12.0. The fraction of sp³-hybridized carbons (Fsp3) is 0.400. The van der Waals surface area contributed by atoms with Gasteiger partial charge in [0.25, 0.3) is 11.7 Å². The van der Waals surface area contributed by atoms with Gasteiger partial charge in [-0.2, -0.15) is 0 Å². The molecular weight excluding hydrogens is 312 g/mol. The summed E-state index contributed by atoms with van der Waals surface area (Å²) in [6, 6.07) is 12.2. The van der Waals surface area contributed by atoms with Gasteiger partial charge in [-0.15, -0.1) is 0 Å². The zero-order valence-electron chi connectivity index (χ0n) is 15.3. The number of benzene rings is 1. The number of H-pyrrole nitrogens is 1. The van der Waals surface area contributed by atoms with Crippen LogP contribution >= 0.6 is 0 Å². The SMILES string of the molecule is Cc1ccc(C)c(NC(=O)[C@@H](C)[NH+]2CCN(c3cccc[nH+]3)CC2)c1. The van der Waals surface area contributed by atoms with Crippen molar-refractivity contribution in [1.82, 2.24) is 0 Å². The minimum Gasteiger partial charge on any atom is -0.321 e. The Labute approximate surface area is 149 Å². The number of pyridine rings is 1. The van der Waals surface area contributed by atoms with E-state index in [0.29, 0.717) is 0 Å². The maximum atomic E-state index is 12.7. The maximum absolute atomic E-state index is 12.7. The predicted molar refractivity (Wildman–Crippen MR) is 99.9 cm³/mol. The van der Waals surface area contributed by atoms with Gasteiger partial charge in [0, 0.05) is 11.8 Å². The van der Waals surface area contributed by atoms with Crippen LogP contribution in [0.2, 0.25) is 0 Å². The second-order valence-corrected chi connectivity index (χ2v) is 6.92. The minimum absolute atomic E-state index is 0.0539. The highest BCUT2D eigenvalue weighted by atomic mass is 16.2. The summed E-state index contributed by atoms with van der Waals surface area (Å²) in [6.07, 6.45) is 1.95. The molecule has 1 atom stereocenters. The van der Waals surface area contributed by atoms with E-state index in [1.165, 1.54) is 4.90 Å². The smallest absolute Gasteiger partial charge is 0.282 e. The number of aryl methyl sites for hydroxylation is 2. The molecule has 0 saturated carbocycles. The Bertz CT molecular complexity index is 724. The van der Waals surface area contributed by atoms with E-state index < -0.39 is 0 Å². The second-order valence-electron chi connectivity index (χ2n) is 6.92. The normalized spacial score (nSPS) is 16.5. The van der Waals surface area contributed by atoms with E-state index in [0.717, 1.165) is 48.8 Å². The van der Waals surface area contributed by atoms with Crippen LogP contribution < -0.4 is 20.1 Å². The summed E-state index contributed by atoms with van der Waals surface area (Å²) < 4.78 is 0. The molecule has 0 unspecified atom stereocenters. The summed E-state index contributed by atoms with van der Waals surface area (Å²) in [5.74, 6) is 1.25. The molecule has 3 N–H and O–H groups in total. The van der Waals surface area contributed by atoms with Crippen LogP contribution in [0, 0.1) is 13.8 Å². The molecule has 1 aromatic heterocycles. The average Bonchev–Trinajstić information content (AvgIpc) is 2.65. The monoisotopic (exact) mass is 340 g/mol. The fourth-order valence-electron chi connectivity index (χ4n) is 3.35. The van der Waals surface area contributed by atoms with Crippen molar-refractivity contribution in [3.63, 3.8) is 0 Å². The molecule has 0 radical (unpaired) electrons. The van der Waals surface area contributed by atoms with Crippen LogP contribution in [-0.2, 0) is 4.79 Å². The summed E-state index contributed by atoms with van der Waals surface area (Å²) >= 11 is 0. The highest BCUT2D eigenvalue weighted by Gasteiger charge is 2.32. The first-order valence-electron chi connectivity index (χ1n) is 8.99. The van der Waals surface area contributed by atoms with Crippen molar-refractivity contribution >= 4 is 17.4 Å². The lowest BCUT2D eigenvalue weighted by Gasteiger charge is -2.31. The zero-order valence-corrected chi connectivity index (χ0v) is 15.3. The number of piperazine rings is 1. The van der Waals surface area contributed by atoms with Gasteiger partial charge in [0.05, 0.1) is 6.20 Å². The second kappa shape index (κ2) is 7.66. The number of amides is 1. The van der Waals surface area contributed by atoms with Gasteiger partial charge in [-0.3, -0.25) is 9.69 Å². The summed E-state index contributed by atoms with van der Waals surface area (Å²) in [6.45, 7) is 9.94. The average molecular weight is 340 g/mol. The number of aromatic nitrogens is 1. The standard InChI is InChI=1S/C20H26N4O/c1-15-7-8-16(2)18(14-15)22-20(25)17(3)23-10-12-24(13-11-23)19-6-4-5-9-21-19/h4-9,14,17H,10-13H2,1-3H3,(H,22,25)/p+2/t17-/m1/s1. The number of anilines is 2. The Hall–Kier alpha value is -2.40. The summed E-state index contributed by atoms with van der Waals surface area (Å²) in [5, 5.41) is 3.11. The van der Waals surface area contributed by atoms with E-state index in [2.05, 4.69) is 33.4 Å². The fourth-order valence-corrected chi connectivity index (χ4v) is 3.35. The predicted octanol–water partition coefficient (Wildman–Crippen LogP) is 0.850. The Balaban J connectivity index is 1.57. The molecule has 1 fully saturated rings. The van der Waals surface area contributed by atoms with E-state index in [4.69, 9.17) is 0 Å². The molecule has 1 aromatic carbocycles. The highest BCUT2D eigenvalue weighted by molar-refractivity contribution is 5.94. The van der Waals surface area contributed by atoms with Crippen LogP contribution in [0.4, 0.5) is 11.5 Å². The number of carbonyl (C=O) groups is 1. The molecule has 1 aliphatic rings. The van der Waals surface area contributed by atoms with E-state index in [9.17, 15) is 4.79 Å². The molecule has 2 heterocycles. The van der Waals surface area contributed by atoms with Gasteiger partial charge in [0.1, 0.15) is 26.2 Å². The Kier molecular flexibility index (Phi) is 5.34. The molecule has 25 heavy (non-hydrogen) atoms. The van der Waals surface area contributed by atoms with E-state index in [1.807, 2.05) is 45.2 Å². The molecule has 5 heteroatoms. The third kappa shape index (κ3) is 4.17. The van der Waals surface area contributed by atoms with E-state index >= 15 is 0 Å². The summed E-state index contributed by atoms with van der Waals surface area (Å²) in [7, 11) is 0. The molecule has 2 aromatic rings. The number of hydrogen-bond donors (Lipinski definition) is 2. The molecule has 3 rings (SSSR count). The maximum Gasteiger partial charge on any atom is 0.282 e. The number of aromatic amines is 1. The van der Waals surface area contributed by atoms with Crippen LogP contribution in [-0.4, -0.2) is 38.1 Å². The van der Waals surface area contributed by atoms with Gasteiger partial charge in [-0.1, -0.05) is 18.2 Å². The van der Waals surface area contributed by atoms with Gasteiger partial charge in [-0.05, 0) is 44.0 Å². The number of rotatable bonds is 4. The Morgan fingerprint density at radius 1 is 1.20 bits per heavy atom. The molecule has 1 saturated heterocycles. The summed E-state index contributed by atoms with van der Waals surface area (Å²) in [4.78, 5) is 19.7. The Morgan fingerprint density at radius 3 is 2.64 bits per heavy atom. The highest BCUT2D eigenvalue weighted by Crippen LogP contribution is 2.16. The molecule has 132 valence electrons. The van der Waals surface area contributed by atoms with Gasteiger partial charge >= 0.3 is 0 Å². The number of carbonyl (C=O) groups excluding carboxylic acids is 1. The topological polar surface area (TPSA) is 50.9 Å². The van der Waals surface area contributed by atoms with Crippen LogP contribution in [0.1, 0.15) is 18.1 Å². The first kappa shape index (κ1) is 17.4. The molecule has 1 aliphatic heterocycles. The van der Waals surface area contributed by atoms with Crippen molar-refractivity contribution in [3.05, 3.63) is 53.7 Å². The molecule has 0 spiro atoms. The van der Waals surface area contributed by atoms with Crippen molar-refractivity contribution in [1.29, 1.82) is 0 Å². The molecular formula is C20H28N4O+2. The number of nitrogens with zero attached hydrogens (tertiary/aromatic N) is 1. The third-order valence-corrected chi connectivity index (χ3v) is 5.10. The molecule has 0 bridgehead atoms.